The van der Waals surface area contributed by atoms with Gasteiger partial charge in [-0.2, -0.15) is 0 Å². The number of hydrogen-bond donors (Lipinski definition) is 2. The fraction of sp³-hybridized carbons (Fsp3) is 0.136. The monoisotopic (exact) mass is 449 g/mol. The van der Waals surface area contributed by atoms with Crippen molar-refractivity contribution < 1.29 is 23.8 Å². The summed E-state index contributed by atoms with van der Waals surface area (Å²) in [5.41, 5.74) is 1.67. The SMILES string of the molecule is COc1cc(CNc2cc(C(=O)O)ccc2Cl)c(Cl)cc1OCc1ccccc1F. The van der Waals surface area contributed by atoms with Crippen LogP contribution in [-0.2, 0) is 13.2 Å². The van der Waals surface area contributed by atoms with Crippen LogP contribution >= 0.6 is 23.2 Å². The molecule has 0 heterocycles. The zero-order valence-electron chi connectivity index (χ0n) is 15.9. The first kappa shape index (κ1) is 21.7. The number of nitrogens with one attached hydrogen (secondary N) is 1. The highest BCUT2D eigenvalue weighted by Crippen LogP contribution is 2.35. The number of methoxy groups -OCH3 is 1. The van der Waals surface area contributed by atoms with Crippen LogP contribution in [0.5, 0.6) is 11.5 Å². The van der Waals surface area contributed by atoms with Gasteiger partial charge in [-0.1, -0.05) is 41.4 Å². The van der Waals surface area contributed by atoms with Crippen molar-refractivity contribution in [2.75, 3.05) is 12.4 Å². The molecule has 0 spiro atoms. The second-order valence-electron chi connectivity index (χ2n) is 6.33. The van der Waals surface area contributed by atoms with Crippen LogP contribution in [-0.4, -0.2) is 18.2 Å². The van der Waals surface area contributed by atoms with E-state index in [1.54, 1.807) is 30.3 Å². The van der Waals surface area contributed by atoms with Gasteiger partial charge in [0.15, 0.2) is 11.5 Å². The lowest BCUT2D eigenvalue weighted by atomic mass is 10.1. The molecule has 0 bridgehead atoms. The van der Waals surface area contributed by atoms with Gasteiger partial charge in [0.05, 0.1) is 23.4 Å². The minimum Gasteiger partial charge on any atom is -0.493 e. The molecule has 0 aliphatic carbocycles. The third-order valence-corrected chi connectivity index (χ3v) is 5.04. The Bertz CT molecular complexity index is 1070. The van der Waals surface area contributed by atoms with Crippen molar-refractivity contribution in [1.82, 2.24) is 0 Å². The molecule has 3 aromatic rings. The van der Waals surface area contributed by atoms with Crippen LogP contribution in [0.4, 0.5) is 10.1 Å². The van der Waals surface area contributed by atoms with E-state index < -0.39 is 5.97 Å². The largest absolute Gasteiger partial charge is 0.493 e. The summed E-state index contributed by atoms with van der Waals surface area (Å²) in [4.78, 5) is 11.2. The molecule has 0 atom stereocenters. The van der Waals surface area contributed by atoms with E-state index in [1.807, 2.05) is 0 Å². The molecule has 0 saturated heterocycles. The van der Waals surface area contributed by atoms with Crippen LogP contribution in [0, 0.1) is 5.82 Å². The number of carboxylic acid groups (broad SMARTS) is 1. The van der Waals surface area contributed by atoms with Gasteiger partial charge in [0.2, 0.25) is 0 Å². The van der Waals surface area contributed by atoms with Crippen molar-refractivity contribution >= 4 is 34.9 Å². The zero-order chi connectivity index (χ0) is 21.7. The van der Waals surface area contributed by atoms with E-state index in [-0.39, 0.29) is 24.5 Å². The Balaban J connectivity index is 1.76. The fourth-order valence-corrected chi connectivity index (χ4v) is 3.15. The third kappa shape index (κ3) is 5.14. The molecule has 2 N–H and O–H groups in total. The number of benzene rings is 3. The Hall–Kier alpha value is -2.96. The van der Waals surface area contributed by atoms with E-state index in [0.29, 0.717) is 38.4 Å². The molecule has 0 aromatic heterocycles. The molecular formula is C22H18Cl2FNO4. The van der Waals surface area contributed by atoms with E-state index in [1.165, 1.54) is 31.4 Å². The van der Waals surface area contributed by atoms with Crippen LogP contribution in [0.2, 0.25) is 10.0 Å². The van der Waals surface area contributed by atoms with Gasteiger partial charge in [-0.05, 0) is 35.9 Å². The molecule has 30 heavy (non-hydrogen) atoms. The topological polar surface area (TPSA) is 67.8 Å². The molecule has 3 rings (SSSR count). The van der Waals surface area contributed by atoms with Gasteiger partial charge < -0.3 is 19.9 Å². The molecule has 0 radical (unpaired) electrons. The predicted octanol–water partition coefficient (Wildman–Crippen LogP) is 6.03. The van der Waals surface area contributed by atoms with Gasteiger partial charge in [-0.3, -0.25) is 0 Å². The first-order valence-corrected chi connectivity index (χ1v) is 9.64. The van der Waals surface area contributed by atoms with Gasteiger partial charge in [0.1, 0.15) is 12.4 Å². The van der Waals surface area contributed by atoms with Crippen LogP contribution < -0.4 is 14.8 Å². The first-order chi connectivity index (χ1) is 14.4. The highest BCUT2D eigenvalue weighted by molar-refractivity contribution is 6.33. The van der Waals surface area contributed by atoms with Crippen molar-refractivity contribution in [3.8, 4) is 11.5 Å². The normalized spacial score (nSPS) is 10.5. The van der Waals surface area contributed by atoms with Crippen molar-refractivity contribution in [1.29, 1.82) is 0 Å². The number of ether oxygens (including phenoxy) is 2. The first-order valence-electron chi connectivity index (χ1n) is 8.88. The van der Waals surface area contributed by atoms with Gasteiger partial charge in [-0.25, -0.2) is 9.18 Å². The summed E-state index contributed by atoms with van der Waals surface area (Å²) in [5, 5.41) is 13.0. The summed E-state index contributed by atoms with van der Waals surface area (Å²) < 4.78 is 24.9. The molecule has 0 amide bonds. The molecule has 3 aromatic carbocycles. The molecule has 0 unspecified atom stereocenters. The van der Waals surface area contributed by atoms with Crippen LogP contribution in [0.25, 0.3) is 0 Å². The average molecular weight is 450 g/mol. The Kier molecular flexibility index (Phi) is 7.03. The molecule has 0 fully saturated rings. The van der Waals surface area contributed by atoms with Crippen molar-refractivity contribution in [3.05, 3.63) is 87.2 Å². The van der Waals surface area contributed by atoms with E-state index in [4.69, 9.17) is 37.8 Å². The van der Waals surface area contributed by atoms with E-state index in [2.05, 4.69) is 5.32 Å². The minimum absolute atomic E-state index is 0.0224. The number of carboxylic acids is 1. The molecule has 0 aliphatic heterocycles. The van der Waals surface area contributed by atoms with E-state index in [9.17, 15) is 9.18 Å². The van der Waals surface area contributed by atoms with Gasteiger partial charge in [-0.15, -0.1) is 0 Å². The summed E-state index contributed by atoms with van der Waals surface area (Å²) in [6.07, 6.45) is 0. The predicted molar refractivity (Wildman–Crippen MR) is 114 cm³/mol. The number of anilines is 1. The van der Waals surface area contributed by atoms with Crippen molar-refractivity contribution in [2.24, 2.45) is 0 Å². The lowest BCUT2D eigenvalue weighted by Crippen LogP contribution is -2.05. The number of hydrogen-bond acceptors (Lipinski definition) is 4. The number of rotatable bonds is 8. The van der Waals surface area contributed by atoms with Crippen LogP contribution in [0.3, 0.4) is 0 Å². The maximum absolute atomic E-state index is 13.8. The summed E-state index contributed by atoms with van der Waals surface area (Å²) in [6, 6.07) is 14.0. The molecule has 156 valence electrons. The van der Waals surface area contributed by atoms with E-state index >= 15 is 0 Å². The smallest absolute Gasteiger partial charge is 0.335 e. The summed E-state index contributed by atoms with van der Waals surface area (Å²) in [7, 11) is 1.49. The number of halogens is 3. The standard InChI is InChI=1S/C22H18Cl2FNO4/c1-29-20-9-15(11-26-19-8-13(22(27)28)6-7-16(19)23)17(24)10-21(20)30-12-14-4-2-3-5-18(14)25/h2-10,26H,11-12H2,1H3,(H,27,28). The lowest BCUT2D eigenvalue weighted by molar-refractivity contribution is 0.0697. The van der Waals surface area contributed by atoms with Crippen molar-refractivity contribution in [3.63, 3.8) is 0 Å². The Labute approximate surface area is 183 Å². The molecule has 5 nitrogen and oxygen atoms in total. The quantitative estimate of drug-likeness (QED) is 0.439. The Morgan fingerprint density at radius 3 is 2.50 bits per heavy atom. The van der Waals surface area contributed by atoms with Crippen LogP contribution in [0.1, 0.15) is 21.5 Å². The van der Waals surface area contributed by atoms with Gasteiger partial charge in [0, 0.05) is 23.2 Å². The van der Waals surface area contributed by atoms with E-state index in [0.717, 1.165) is 0 Å². The maximum Gasteiger partial charge on any atom is 0.335 e. The lowest BCUT2D eigenvalue weighted by Gasteiger charge is -2.15. The number of aromatic carboxylic acids is 1. The van der Waals surface area contributed by atoms with Crippen molar-refractivity contribution in [2.45, 2.75) is 13.2 Å². The minimum atomic E-state index is -1.05. The molecule has 8 heteroatoms. The Morgan fingerprint density at radius 2 is 1.80 bits per heavy atom. The molecule has 0 saturated carbocycles. The maximum atomic E-state index is 13.8. The fourth-order valence-electron chi connectivity index (χ4n) is 2.74. The summed E-state index contributed by atoms with van der Waals surface area (Å²) in [6.45, 7) is 0.292. The zero-order valence-corrected chi connectivity index (χ0v) is 17.4. The second kappa shape index (κ2) is 9.69. The highest BCUT2D eigenvalue weighted by Gasteiger charge is 2.13. The average Bonchev–Trinajstić information content (AvgIpc) is 2.73. The summed E-state index contributed by atoms with van der Waals surface area (Å²) >= 11 is 12.5. The number of carbonyl (C=O) groups is 1. The van der Waals surface area contributed by atoms with Crippen LogP contribution in [0.15, 0.2) is 54.6 Å². The van der Waals surface area contributed by atoms with Gasteiger partial charge in [0.25, 0.3) is 0 Å². The highest BCUT2D eigenvalue weighted by atomic mass is 35.5. The van der Waals surface area contributed by atoms with Gasteiger partial charge >= 0.3 is 5.97 Å². The molecule has 0 aliphatic rings. The second-order valence-corrected chi connectivity index (χ2v) is 7.14. The third-order valence-electron chi connectivity index (χ3n) is 4.36. The summed E-state index contributed by atoms with van der Waals surface area (Å²) in [5.74, 6) is -0.604. The molecular weight excluding hydrogens is 432 g/mol. The Morgan fingerprint density at radius 1 is 1.03 bits per heavy atom.